The van der Waals surface area contributed by atoms with Crippen molar-refractivity contribution in [3.63, 3.8) is 0 Å². The molecule has 1 aromatic rings. The molecule has 4 atom stereocenters. The van der Waals surface area contributed by atoms with E-state index in [0.29, 0.717) is 0 Å². The Morgan fingerprint density at radius 1 is 0.579 bits per heavy atom. The molecule has 0 N–H and O–H groups in total. The van der Waals surface area contributed by atoms with Crippen LogP contribution in [0.25, 0.3) is 0 Å². The molecule has 0 unspecified atom stereocenters. The van der Waals surface area contributed by atoms with Crippen LogP contribution < -0.4 is 10.6 Å². The van der Waals surface area contributed by atoms with Crippen molar-refractivity contribution in [3.8, 4) is 0 Å². The normalized spacial score (nSPS) is 26.7. The zero-order valence-electron chi connectivity index (χ0n) is 23.7. The molecule has 2 saturated heterocycles. The molecule has 0 spiro atoms. The zero-order valence-corrected chi connectivity index (χ0v) is 27.2. The maximum absolute atomic E-state index is 9.75. The molecule has 1 aromatic carbocycles. The second-order valence-electron chi connectivity index (χ2n) is 10.3. The Bertz CT molecular complexity index is 650. The topological polar surface area (TPSA) is 0 Å². The second kappa shape index (κ2) is 19.6. The van der Waals surface area contributed by atoms with E-state index in [1.54, 1.807) is 0 Å². The first-order valence-electron chi connectivity index (χ1n) is 14.6. The van der Waals surface area contributed by atoms with E-state index >= 15 is 0 Å². The van der Waals surface area contributed by atoms with Crippen molar-refractivity contribution in [1.29, 1.82) is 0 Å². The van der Waals surface area contributed by atoms with E-state index in [9.17, 15) is 17.3 Å². The molecule has 2 aliphatic heterocycles. The predicted molar refractivity (Wildman–Crippen MR) is 160 cm³/mol. The van der Waals surface area contributed by atoms with Gasteiger partial charge < -0.3 is 17.3 Å². The standard InChI is InChI=1S/C22H36P2.C8H12.BF4.Rh/c1-5-17-13-14-18(6-2)23(17)21-11-9-10-12-22(21)24-19(7-3)15-16-20(24)8-4;1-2-4-6-8-7-5-3-1;2-1(3,4)5;/h9-12,17-20H,5-8,13-16H2,1-4H3;1-2,7-8H,3-6H2;;/q;;-1;/t17-,18-,19-,20-;;;/m1.../s1. The smallest absolute Gasteiger partial charge is 0.418 e. The minimum atomic E-state index is -6.00. The van der Waals surface area contributed by atoms with Gasteiger partial charge in [-0.05, 0) is 136 Å². The largest absolute Gasteiger partial charge is 0.673 e. The average Bonchev–Trinajstić information content (AvgIpc) is 3.46. The van der Waals surface area contributed by atoms with Crippen molar-refractivity contribution < 1.29 is 36.7 Å². The predicted octanol–water partition coefficient (Wildman–Crippen LogP) is 10.3. The molecule has 0 aromatic heterocycles. The van der Waals surface area contributed by atoms with Crippen LogP contribution in [-0.2, 0) is 19.5 Å². The summed E-state index contributed by atoms with van der Waals surface area (Å²) in [6, 6.07) is 9.79. The minimum absolute atomic E-state index is 0. The van der Waals surface area contributed by atoms with Crippen LogP contribution in [0.15, 0.2) is 24.3 Å². The first-order valence-corrected chi connectivity index (χ1v) is 17.5. The molecular weight excluding hydrogens is 612 g/mol. The van der Waals surface area contributed by atoms with Crippen LogP contribution in [-0.4, -0.2) is 29.9 Å². The van der Waals surface area contributed by atoms with Gasteiger partial charge in [-0.15, -0.1) is 0 Å². The van der Waals surface area contributed by atoms with E-state index in [1.807, 2.05) is 10.6 Å². The summed E-state index contributed by atoms with van der Waals surface area (Å²) in [5, 5.41) is 3.68. The summed E-state index contributed by atoms with van der Waals surface area (Å²) in [7, 11) is -5.87. The Kier molecular flexibility index (Phi) is 18.8. The quantitative estimate of drug-likeness (QED) is 0.162. The molecule has 3 aliphatic rings. The molecule has 219 valence electrons. The molecule has 0 amide bonds. The third-order valence-electron chi connectivity index (χ3n) is 7.90. The average molecular weight is 660 g/mol. The SMILES string of the molecule is CC[C@@H]1CC[C@@H](CC)P1c1ccccc1P1[C@H](CC)CC[C@H]1CC.F[B-](F)(F)F.[CH]1[CH]CC[CH][CH]CC1.[Rh]. The van der Waals surface area contributed by atoms with Gasteiger partial charge >= 0.3 is 7.25 Å². The van der Waals surface area contributed by atoms with Crippen LogP contribution in [0.1, 0.15) is 105 Å². The van der Waals surface area contributed by atoms with Crippen LogP contribution in [0.2, 0.25) is 0 Å². The Labute approximate surface area is 247 Å². The van der Waals surface area contributed by atoms with Crippen molar-refractivity contribution in [2.24, 2.45) is 0 Å². The summed E-state index contributed by atoms with van der Waals surface area (Å²) in [6.45, 7) is 9.74. The Balaban J connectivity index is 0.000000427. The van der Waals surface area contributed by atoms with Gasteiger partial charge in [-0.25, -0.2) is 0 Å². The summed E-state index contributed by atoms with van der Waals surface area (Å²) < 4.78 is 39.0. The van der Waals surface area contributed by atoms with Gasteiger partial charge in [0.25, 0.3) is 0 Å². The molecule has 38 heavy (non-hydrogen) atoms. The minimum Gasteiger partial charge on any atom is -0.418 e. The Hall–Kier alpha value is 0.488. The number of benzene rings is 1. The summed E-state index contributed by atoms with van der Waals surface area (Å²) in [5.41, 5.74) is 3.96. The van der Waals surface area contributed by atoms with E-state index in [-0.39, 0.29) is 35.3 Å². The van der Waals surface area contributed by atoms with Gasteiger partial charge in [0.15, 0.2) is 0 Å². The van der Waals surface area contributed by atoms with E-state index in [0.717, 1.165) is 22.6 Å². The molecule has 0 nitrogen and oxygen atoms in total. The van der Waals surface area contributed by atoms with Crippen molar-refractivity contribution in [2.75, 3.05) is 0 Å². The molecule has 3 fully saturated rings. The van der Waals surface area contributed by atoms with Crippen LogP contribution in [0.5, 0.6) is 0 Å². The van der Waals surface area contributed by atoms with Crippen molar-refractivity contribution in [2.45, 2.75) is 127 Å². The Morgan fingerprint density at radius 2 is 0.816 bits per heavy atom. The van der Waals surface area contributed by atoms with Crippen molar-refractivity contribution >= 4 is 33.7 Å². The maximum Gasteiger partial charge on any atom is 0.673 e. The molecule has 2 heterocycles. The van der Waals surface area contributed by atoms with E-state index in [4.69, 9.17) is 0 Å². The zero-order chi connectivity index (χ0) is 27.3. The van der Waals surface area contributed by atoms with Crippen LogP contribution in [0.4, 0.5) is 17.3 Å². The first-order chi connectivity index (χ1) is 17.7. The molecule has 1 saturated carbocycles. The fourth-order valence-corrected chi connectivity index (χ4v) is 14.0. The van der Waals surface area contributed by atoms with Gasteiger partial charge in [-0.2, -0.15) is 0 Å². The fourth-order valence-electron chi connectivity index (χ4n) is 6.07. The third-order valence-corrected chi connectivity index (χ3v) is 15.6. The van der Waals surface area contributed by atoms with Crippen LogP contribution >= 0.6 is 15.8 Å². The molecule has 0 bridgehead atoms. The van der Waals surface area contributed by atoms with Gasteiger partial charge in [-0.1, -0.05) is 67.8 Å². The van der Waals surface area contributed by atoms with Crippen molar-refractivity contribution in [1.82, 2.24) is 0 Å². The van der Waals surface area contributed by atoms with Gasteiger partial charge in [0.2, 0.25) is 0 Å². The van der Waals surface area contributed by atoms with E-state index in [1.165, 1.54) is 77.0 Å². The van der Waals surface area contributed by atoms with E-state index < -0.39 is 7.25 Å². The number of rotatable bonds is 6. The van der Waals surface area contributed by atoms with Gasteiger partial charge in [-0.3, -0.25) is 0 Å². The number of hydrogen-bond acceptors (Lipinski definition) is 0. The molecular formula is C30H48BF4P2Rh-. The molecule has 8 heteroatoms. The molecule has 1 aliphatic carbocycles. The second-order valence-corrected chi connectivity index (χ2v) is 15.8. The Morgan fingerprint density at radius 3 is 1.03 bits per heavy atom. The van der Waals surface area contributed by atoms with Gasteiger partial charge in [0, 0.05) is 19.5 Å². The monoisotopic (exact) mass is 660 g/mol. The van der Waals surface area contributed by atoms with E-state index in [2.05, 4.69) is 77.6 Å². The summed E-state index contributed by atoms with van der Waals surface area (Å²) in [5.74, 6) is 0. The summed E-state index contributed by atoms with van der Waals surface area (Å²) >= 11 is 0. The van der Waals surface area contributed by atoms with Crippen LogP contribution in [0, 0.1) is 25.7 Å². The molecule has 5 radical (unpaired) electrons. The first kappa shape index (κ1) is 36.5. The van der Waals surface area contributed by atoms with Gasteiger partial charge in [0.05, 0.1) is 0 Å². The van der Waals surface area contributed by atoms with Crippen molar-refractivity contribution in [3.05, 3.63) is 49.9 Å². The number of halogens is 4. The third kappa shape index (κ3) is 12.2. The molecule has 4 rings (SSSR count). The summed E-state index contributed by atoms with van der Waals surface area (Å²) in [4.78, 5) is 0. The number of hydrogen-bond donors (Lipinski definition) is 0. The van der Waals surface area contributed by atoms with Crippen LogP contribution in [0.3, 0.4) is 0 Å². The fraction of sp³-hybridized carbons (Fsp3) is 0.667. The van der Waals surface area contributed by atoms with Gasteiger partial charge in [0.1, 0.15) is 0 Å². The maximum atomic E-state index is 9.75. The summed E-state index contributed by atoms with van der Waals surface area (Å²) in [6.07, 6.45) is 25.5.